The maximum Gasteiger partial charge on any atom is 0.295 e. The first kappa shape index (κ1) is 24.7. The molecule has 1 aliphatic heterocycles. The molecule has 1 heterocycles. The fraction of sp³-hybridized carbons (Fsp3) is 0.304. The van der Waals surface area contributed by atoms with E-state index in [2.05, 4.69) is 0 Å². The molecule has 3 rings (SSSR count). The minimum absolute atomic E-state index is 0.111. The predicted molar refractivity (Wildman–Crippen MR) is 123 cm³/mol. The van der Waals surface area contributed by atoms with E-state index >= 15 is 0 Å². The molecule has 0 bridgehead atoms. The average molecular weight is 496 g/mol. The number of hydrogen-bond acceptors (Lipinski definition) is 7. The largest absolute Gasteiger partial charge is 0.507 e. The molecule has 1 aliphatic rings. The molecule has 1 atom stereocenters. The number of aliphatic hydroxyl groups is 1. The summed E-state index contributed by atoms with van der Waals surface area (Å²) >= 11 is 12.4. The minimum Gasteiger partial charge on any atom is -0.507 e. The molecular formula is C23H23Cl2NO7. The van der Waals surface area contributed by atoms with Gasteiger partial charge in [0.15, 0.2) is 17.2 Å². The SMILES string of the molecule is COCCN1C(=O)C(=O)/C(=C(/O)c2cc(Cl)c(OC)c(Cl)c2)C1c1ccc(OC)c(OC)c1. The molecule has 1 unspecified atom stereocenters. The molecule has 8 nitrogen and oxygen atoms in total. The quantitative estimate of drug-likeness (QED) is 0.334. The molecule has 1 N–H and O–H groups in total. The average Bonchev–Trinajstić information content (AvgIpc) is 3.06. The molecule has 0 aliphatic carbocycles. The predicted octanol–water partition coefficient (Wildman–Crippen LogP) is 4.09. The van der Waals surface area contributed by atoms with Crippen molar-refractivity contribution in [3.8, 4) is 17.2 Å². The number of halogens is 2. The van der Waals surface area contributed by atoms with Gasteiger partial charge in [-0.05, 0) is 29.8 Å². The highest BCUT2D eigenvalue weighted by molar-refractivity contribution is 6.46. The molecule has 0 spiro atoms. The van der Waals surface area contributed by atoms with Crippen molar-refractivity contribution in [2.24, 2.45) is 0 Å². The number of Topliss-reactive ketones (excluding diaryl/α,β-unsaturated/α-hetero) is 1. The summed E-state index contributed by atoms with van der Waals surface area (Å²) in [6.07, 6.45) is 0. The van der Waals surface area contributed by atoms with E-state index in [0.29, 0.717) is 17.1 Å². The van der Waals surface area contributed by atoms with Crippen LogP contribution in [-0.2, 0) is 14.3 Å². The number of amides is 1. The molecular weight excluding hydrogens is 473 g/mol. The van der Waals surface area contributed by atoms with E-state index in [-0.39, 0.29) is 40.1 Å². The topological polar surface area (TPSA) is 94.5 Å². The van der Waals surface area contributed by atoms with Crippen LogP contribution in [0.1, 0.15) is 17.2 Å². The Bertz CT molecular complexity index is 1090. The second-order valence-electron chi connectivity index (χ2n) is 7.07. The first-order valence-electron chi connectivity index (χ1n) is 9.81. The van der Waals surface area contributed by atoms with Crippen molar-refractivity contribution in [2.45, 2.75) is 6.04 Å². The van der Waals surface area contributed by atoms with Crippen LogP contribution in [0.25, 0.3) is 5.76 Å². The Morgan fingerprint density at radius 3 is 2.15 bits per heavy atom. The van der Waals surface area contributed by atoms with Gasteiger partial charge in [-0.25, -0.2) is 0 Å². The van der Waals surface area contributed by atoms with Crippen LogP contribution in [-0.4, -0.2) is 63.3 Å². The van der Waals surface area contributed by atoms with Crippen molar-refractivity contribution in [1.29, 1.82) is 0 Å². The summed E-state index contributed by atoms with van der Waals surface area (Å²) in [6.45, 7) is 0.317. The van der Waals surface area contributed by atoms with E-state index in [1.54, 1.807) is 18.2 Å². The Balaban J connectivity index is 2.23. The first-order chi connectivity index (χ1) is 15.8. The third-order valence-corrected chi connectivity index (χ3v) is 5.84. The van der Waals surface area contributed by atoms with Crippen molar-refractivity contribution >= 4 is 40.7 Å². The summed E-state index contributed by atoms with van der Waals surface area (Å²) in [7, 11) is 5.87. The van der Waals surface area contributed by atoms with Gasteiger partial charge in [0.2, 0.25) is 0 Å². The molecule has 33 heavy (non-hydrogen) atoms. The van der Waals surface area contributed by atoms with Gasteiger partial charge in [0.05, 0.1) is 49.6 Å². The van der Waals surface area contributed by atoms with E-state index in [1.165, 1.54) is 45.5 Å². The monoisotopic (exact) mass is 495 g/mol. The number of rotatable bonds is 8. The van der Waals surface area contributed by atoms with Crippen LogP contribution in [0.5, 0.6) is 17.2 Å². The number of methoxy groups -OCH3 is 4. The summed E-state index contributed by atoms with van der Waals surface area (Å²) in [6, 6.07) is 6.92. The standard InChI is InChI=1S/C23H23Cl2NO7/c1-30-8-7-26-19(12-5-6-16(31-2)17(11-12)32-3)18(21(28)23(26)29)20(27)13-9-14(24)22(33-4)15(25)10-13/h5-6,9-11,19,27H,7-8H2,1-4H3/b20-18+. The fourth-order valence-electron chi connectivity index (χ4n) is 3.72. The van der Waals surface area contributed by atoms with Crippen molar-refractivity contribution in [1.82, 2.24) is 4.90 Å². The highest BCUT2D eigenvalue weighted by Crippen LogP contribution is 2.43. The highest BCUT2D eigenvalue weighted by atomic mass is 35.5. The lowest BCUT2D eigenvalue weighted by atomic mass is 9.95. The number of likely N-dealkylation sites (tertiary alicyclic amines) is 1. The molecule has 1 amide bonds. The number of ketones is 1. The van der Waals surface area contributed by atoms with Gasteiger partial charge >= 0.3 is 0 Å². The molecule has 0 aromatic heterocycles. The lowest BCUT2D eigenvalue weighted by Crippen LogP contribution is -2.32. The number of hydrogen-bond donors (Lipinski definition) is 1. The van der Waals surface area contributed by atoms with E-state index in [1.807, 2.05) is 0 Å². The van der Waals surface area contributed by atoms with Gasteiger partial charge in [-0.2, -0.15) is 0 Å². The fourth-order valence-corrected chi connectivity index (χ4v) is 4.36. The Morgan fingerprint density at radius 1 is 0.970 bits per heavy atom. The van der Waals surface area contributed by atoms with Crippen LogP contribution in [0.15, 0.2) is 35.9 Å². The maximum atomic E-state index is 13.1. The van der Waals surface area contributed by atoms with Crippen molar-refractivity contribution in [3.63, 3.8) is 0 Å². The summed E-state index contributed by atoms with van der Waals surface area (Å²) in [5.41, 5.74) is 0.594. The highest BCUT2D eigenvalue weighted by Gasteiger charge is 2.46. The molecule has 2 aromatic carbocycles. The van der Waals surface area contributed by atoms with Crippen LogP contribution in [0, 0.1) is 0 Å². The summed E-state index contributed by atoms with van der Waals surface area (Å²) in [5.74, 6) is -0.913. The van der Waals surface area contributed by atoms with E-state index in [9.17, 15) is 14.7 Å². The Labute approximate surface area is 201 Å². The molecule has 176 valence electrons. The van der Waals surface area contributed by atoms with Crippen LogP contribution < -0.4 is 14.2 Å². The van der Waals surface area contributed by atoms with Crippen LogP contribution in [0.2, 0.25) is 10.0 Å². The zero-order chi connectivity index (χ0) is 24.3. The smallest absolute Gasteiger partial charge is 0.295 e. The Morgan fingerprint density at radius 2 is 1.61 bits per heavy atom. The normalized spacial score (nSPS) is 17.4. The van der Waals surface area contributed by atoms with Crippen molar-refractivity contribution < 1.29 is 33.6 Å². The number of benzene rings is 2. The van der Waals surface area contributed by atoms with E-state index in [4.69, 9.17) is 42.1 Å². The lowest BCUT2D eigenvalue weighted by molar-refractivity contribution is -0.140. The molecule has 0 saturated carbocycles. The van der Waals surface area contributed by atoms with Gasteiger partial charge in [0.1, 0.15) is 5.76 Å². The van der Waals surface area contributed by atoms with Gasteiger partial charge in [0, 0.05) is 19.2 Å². The summed E-state index contributed by atoms with van der Waals surface area (Å²) < 4.78 is 20.9. The first-order valence-corrected chi connectivity index (χ1v) is 10.6. The maximum absolute atomic E-state index is 13.1. The number of carbonyl (C=O) groups is 2. The van der Waals surface area contributed by atoms with Crippen LogP contribution in [0.4, 0.5) is 0 Å². The van der Waals surface area contributed by atoms with Gasteiger partial charge in [-0.3, -0.25) is 9.59 Å². The van der Waals surface area contributed by atoms with Gasteiger partial charge in [-0.15, -0.1) is 0 Å². The Kier molecular flexibility index (Phi) is 7.73. The molecule has 0 radical (unpaired) electrons. The molecule has 2 aromatic rings. The second-order valence-corrected chi connectivity index (χ2v) is 7.89. The zero-order valence-electron chi connectivity index (χ0n) is 18.5. The minimum atomic E-state index is -0.903. The summed E-state index contributed by atoms with van der Waals surface area (Å²) in [4.78, 5) is 27.3. The second kappa shape index (κ2) is 10.3. The number of ether oxygens (including phenoxy) is 4. The number of nitrogens with zero attached hydrogens (tertiary/aromatic N) is 1. The zero-order valence-corrected chi connectivity index (χ0v) is 20.0. The van der Waals surface area contributed by atoms with Crippen LogP contribution >= 0.6 is 23.2 Å². The van der Waals surface area contributed by atoms with Gasteiger partial charge in [-0.1, -0.05) is 29.3 Å². The van der Waals surface area contributed by atoms with Crippen molar-refractivity contribution in [3.05, 3.63) is 57.1 Å². The molecule has 1 fully saturated rings. The van der Waals surface area contributed by atoms with E-state index < -0.39 is 23.5 Å². The summed E-state index contributed by atoms with van der Waals surface area (Å²) in [5, 5.41) is 11.4. The van der Waals surface area contributed by atoms with E-state index in [0.717, 1.165) is 0 Å². The van der Waals surface area contributed by atoms with Gasteiger partial charge < -0.3 is 29.0 Å². The van der Waals surface area contributed by atoms with Crippen LogP contribution in [0.3, 0.4) is 0 Å². The lowest BCUT2D eigenvalue weighted by Gasteiger charge is -2.25. The van der Waals surface area contributed by atoms with Crippen molar-refractivity contribution in [2.75, 3.05) is 41.6 Å². The molecule has 10 heteroatoms. The third-order valence-electron chi connectivity index (χ3n) is 5.28. The third kappa shape index (κ3) is 4.59. The Hall–Kier alpha value is -2.94. The molecule has 1 saturated heterocycles. The van der Waals surface area contributed by atoms with Gasteiger partial charge in [0.25, 0.3) is 11.7 Å². The number of aliphatic hydroxyl groups excluding tert-OH is 1. The number of carbonyl (C=O) groups excluding carboxylic acids is 2.